The van der Waals surface area contributed by atoms with Gasteiger partial charge in [0, 0.05) is 17.5 Å². The molecule has 0 radical (unpaired) electrons. The Hall–Kier alpha value is -1.32. The van der Waals surface area contributed by atoms with E-state index in [1.807, 2.05) is 6.92 Å². The van der Waals surface area contributed by atoms with Crippen LogP contribution in [-0.4, -0.2) is 16.5 Å². The molecule has 1 heterocycles. The number of nitrogens with zero attached hydrogens (tertiary/aromatic N) is 2. The summed E-state index contributed by atoms with van der Waals surface area (Å²) >= 11 is 0. The molecular weight excluding hydrogens is 224 g/mol. The van der Waals surface area contributed by atoms with E-state index in [4.69, 9.17) is 5.73 Å². The van der Waals surface area contributed by atoms with Crippen molar-refractivity contribution < 1.29 is 0 Å². The highest BCUT2D eigenvalue weighted by atomic mass is 15.1. The van der Waals surface area contributed by atoms with Gasteiger partial charge in [0.15, 0.2) is 0 Å². The minimum atomic E-state index is -0.0887. The molecule has 0 aromatic carbocycles. The Morgan fingerprint density at radius 2 is 1.89 bits per heavy atom. The summed E-state index contributed by atoms with van der Waals surface area (Å²) in [5, 5.41) is 3.39. The first-order valence-corrected chi connectivity index (χ1v) is 6.64. The van der Waals surface area contributed by atoms with Gasteiger partial charge in [-0.25, -0.2) is 9.97 Å². The van der Waals surface area contributed by atoms with Crippen LogP contribution in [0.2, 0.25) is 0 Å². The summed E-state index contributed by atoms with van der Waals surface area (Å²) in [4.78, 5) is 8.99. The van der Waals surface area contributed by atoms with Crippen LogP contribution in [0.15, 0.2) is 0 Å². The summed E-state index contributed by atoms with van der Waals surface area (Å²) in [5.41, 5.74) is 6.81. The van der Waals surface area contributed by atoms with Gasteiger partial charge < -0.3 is 11.1 Å². The molecule has 0 saturated carbocycles. The number of hydrogen-bond donors (Lipinski definition) is 2. The van der Waals surface area contributed by atoms with Gasteiger partial charge in [-0.3, -0.25) is 0 Å². The van der Waals surface area contributed by atoms with Crippen molar-refractivity contribution in [2.24, 2.45) is 5.92 Å². The topological polar surface area (TPSA) is 63.8 Å². The molecule has 18 heavy (non-hydrogen) atoms. The van der Waals surface area contributed by atoms with Crippen molar-refractivity contribution in [2.45, 2.75) is 53.4 Å². The standard InChI is InChI=1S/C14H26N4/c1-7-9(2)8-16-12-10(3)11(15)17-13(18-12)14(4,5)6/h9H,7-8H2,1-6H3,(H3,15,16,17,18). The molecule has 0 aliphatic heterocycles. The monoisotopic (exact) mass is 250 g/mol. The predicted molar refractivity (Wildman–Crippen MR) is 77.8 cm³/mol. The molecule has 0 amide bonds. The van der Waals surface area contributed by atoms with Crippen LogP contribution in [0.5, 0.6) is 0 Å². The van der Waals surface area contributed by atoms with Crippen LogP contribution >= 0.6 is 0 Å². The van der Waals surface area contributed by atoms with E-state index in [-0.39, 0.29) is 5.41 Å². The Kier molecular flexibility index (Phi) is 4.54. The minimum Gasteiger partial charge on any atom is -0.383 e. The predicted octanol–water partition coefficient (Wildman–Crippen LogP) is 3.12. The maximum atomic E-state index is 5.97. The zero-order chi connectivity index (χ0) is 13.9. The largest absolute Gasteiger partial charge is 0.383 e. The molecule has 3 N–H and O–H groups in total. The Morgan fingerprint density at radius 3 is 2.39 bits per heavy atom. The minimum absolute atomic E-state index is 0.0887. The van der Waals surface area contributed by atoms with Crippen molar-refractivity contribution in [2.75, 3.05) is 17.6 Å². The molecule has 0 bridgehead atoms. The van der Waals surface area contributed by atoms with Crippen molar-refractivity contribution in [1.29, 1.82) is 0 Å². The smallest absolute Gasteiger partial charge is 0.138 e. The van der Waals surface area contributed by atoms with E-state index < -0.39 is 0 Å². The molecular formula is C14H26N4. The van der Waals surface area contributed by atoms with E-state index in [1.165, 1.54) is 0 Å². The fourth-order valence-electron chi connectivity index (χ4n) is 1.46. The number of rotatable bonds is 4. The lowest BCUT2D eigenvalue weighted by Crippen LogP contribution is -2.20. The second-order valence-corrected chi connectivity index (χ2v) is 6.05. The van der Waals surface area contributed by atoms with Crippen LogP contribution in [0, 0.1) is 12.8 Å². The molecule has 0 aliphatic carbocycles. The van der Waals surface area contributed by atoms with Gasteiger partial charge in [0.25, 0.3) is 0 Å². The molecule has 4 nitrogen and oxygen atoms in total. The summed E-state index contributed by atoms with van der Waals surface area (Å²) in [5.74, 6) is 2.85. The molecule has 1 aromatic rings. The van der Waals surface area contributed by atoms with E-state index >= 15 is 0 Å². The number of nitrogens with one attached hydrogen (secondary N) is 1. The van der Waals surface area contributed by atoms with Crippen molar-refractivity contribution in [3.63, 3.8) is 0 Å². The highest BCUT2D eigenvalue weighted by molar-refractivity contribution is 5.55. The van der Waals surface area contributed by atoms with Crippen molar-refractivity contribution in [3.05, 3.63) is 11.4 Å². The summed E-state index contributed by atoms with van der Waals surface area (Å²) in [6.07, 6.45) is 1.15. The van der Waals surface area contributed by atoms with Gasteiger partial charge in [0.2, 0.25) is 0 Å². The van der Waals surface area contributed by atoms with E-state index in [0.717, 1.165) is 30.2 Å². The Bertz CT molecular complexity index is 407. The molecule has 0 spiro atoms. The van der Waals surface area contributed by atoms with Gasteiger partial charge in [-0.15, -0.1) is 0 Å². The average molecular weight is 250 g/mol. The summed E-state index contributed by atoms with van der Waals surface area (Å²) in [7, 11) is 0. The molecule has 0 aliphatic rings. The lowest BCUT2D eigenvalue weighted by Gasteiger charge is -2.20. The van der Waals surface area contributed by atoms with E-state index in [1.54, 1.807) is 0 Å². The van der Waals surface area contributed by atoms with Gasteiger partial charge in [-0.1, -0.05) is 41.0 Å². The molecule has 1 aromatic heterocycles. The highest BCUT2D eigenvalue weighted by Gasteiger charge is 2.20. The summed E-state index contributed by atoms with van der Waals surface area (Å²) in [6, 6.07) is 0. The van der Waals surface area contributed by atoms with Gasteiger partial charge >= 0.3 is 0 Å². The molecule has 0 fully saturated rings. The molecule has 0 saturated heterocycles. The third kappa shape index (κ3) is 3.59. The number of nitrogens with two attached hydrogens (primary N) is 1. The summed E-state index contributed by atoms with van der Waals surface area (Å²) in [6.45, 7) is 13.6. The first kappa shape index (κ1) is 14.7. The van der Waals surface area contributed by atoms with E-state index in [2.05, 4.69) is 49.9 Å². The Balaban J connectivity index is 3.00. The van der Waals surface area contributed by atoms with Crippen LogP contribution < -0.4 is 11.1 Å². The van der Waals surface area contributed by atoms with Crippen molar-refractivity contribution >= 4 is 11.6 Å². The Labute approximate surface area is 110 Å². The van der Waals surface area contributed by atoms with Crippen LogP contribution in [0.3, 0.4) is 0 Å². The first-order valence-electron chi connectivity index (χ1n) is 6.64. The Morgan fingerprint density at radius 1 is 1.28 bits per heavy atom. The van der Waals surface area contributed by atoms with Crippen LogP contribution in [0.4, 0.5) is 11.6 Å². The third-order valence-corrected chi connectivity index (χ3v) is 3.17. The molecule has 1 atom stereocenters. The van der Waals surface area contributed by atoms with Crippen LogP contribution in [-0.2, 0) is 5.41 Å². The number of hydrogen-bond acceptors (Lipinski definition) is 4. The van der Waals surface area contributed by atoms with Gasteiger partial charge in [-0.05, 0) is 12.8 Å². The zero-order valence-corrected chi connectivity index (χ0v) is 12.5. The SMILES string of the molecule is CCC(C)CNc1nc(C(C)(C)C)nc(N)c1C. The highest BCUT2D eigenvalue weighted by Crippen LogP contribution is 2.24. The average Bonchev–Trinajstić information content (AvgIpc) is 2.28. The van der Waals surface area contributed by atoms with Gasteiger partial charge in [-0.2, -0.15) is 0 Å². The normalized spacial score (nSPS) is 13.4. The number of nitrogen functional groups attached to an aromatic ring is 1. The maximum Gasteiger partial charge on any atom is 0.138 e. The zero-order valence-electron chi connectivity index (χ0n) is 12.5. The first-order chi connectivity index (χ1) is 8.25. The number of aromatic nitrogens is 2. The van der Waals surface area contributed by atoms with E-state index in [9.17, 15) is 0 Å². The summed E-state index contributed by atoms with van der Waals surface area (Å²) < 4.78 is 0. The second-order valence-electron chi connectivity index (χ2n) is 6.05. The second kappa shape index (κ2) is 5.55. The van der Waals surface area contributed by atoms with Crippen LogP contribution in [0.25, 0.3) is 0 Å². The van der Waals surface area contributed by atoms with Crippen molar-refractivity contribution in [3.8, 4) is 0 Å². The third-order valence-electron chi connectivity index (χ3n) is 3.17. The molecule has 4 heteroatoms. The lowest BCUT2D eigenvalue weighted by molar-refractivity contribution is 0.545. The van der Waals surface area contributed by atoms with Gasteiger partial charge in [0.05, 0.1) is 0 Å². The molecule has 1 unspecified atom stereocenters. The fourth-order valence-corrected chi connectivity index (χ4v) is 1.46. The van der Waals surface area contributed by atoms with Crippen LogP contribution in [0.1, 0.15) is 52.4 Å². The van der Waals surface area contributed by atoms with E-state index in [0.29, 0.717) is 11.7 Å². The molecule has 102 valence electrons. The van der Waals surface area contributed by atoms with Crippen molar-refractivity contribution in [1.82, 2.24) is 9.97 Å². The maximum absolute atomic E-state index is 5.97. The van der Waals surface area contributed by atoms with Gasteiger partial charge in [0.1, 0.15) is 17.5 Å². The number of anilines is 2. The lowest BCUT2D eigenvalue weighted by atomic mass is 9.95. The quantitative estimate of drug-likeness (QED) is 0.861. The fraction of sp³-hybridized carbons (Fsp3) is 0.714. The molecule has 1 rings (SSSR count).